The lowest BCUT2D eigenvalue weighted by molar-refractivity contribution is 0.0764. The van der Waals surface area contributed by atoms with Gasteiger partial charge in [0.25, 0.3) is 0 Å². The molecule has 156 valence electrons. The Bertz CT molecular complexity index is 459. The van der Waals surface area contributed by atoms with Crippen LogP contribution in [0, 0.1) is 22.7 Å². The Labute approximate surface area is 168 Å². The molecule has 4 fully saturated rings. The van der Waals surface area contributed by atoms with Crippen molar-refractivity contribution in [3.63, 3.8) is 0 Å². The first-order valence-corrected chi connectivity index (χ1v) is 14.0. The molecular weight excluding hydrogens is 332 g/mol. The van der Waals surface area contributed by atoms with E-state index in [2.05, 4.69) is 27.0 Å². The van der Waals surface area contributed by atoms with Crippen LogP contribution in [0.4, 0.5) is 0 Å². The van der Waals surface area contributed by atoms with E-state index in [9.17, 15) is 0 Å². The molecule has 2 saturated heterocycles. The van der Waals surface area contributed by atoms with Crippen molar-refractivity contribution < 1.29 is 0 Å². The molecule has 0 nitrogen and oxygen atoms in total. The molecule has 2 saturated carbocycles. The van der Waals surface area contributed by atoms with Crippen LogP contribution in [0.2, 0.25) is 0 Å². The minimum absolute atomic E-state index is 0. The maximum absolute atomic E-state index is 2.84. The fraction of sp³-hybridized carbons (Fsp3) is 1.00. The van der Waals surface area contributed by atoms with E-state index in [1.54, 1.807) is 50.7 Å². The maximum atomic E-state index is 2.84. The normalized spacial score (nSPS) is 52.1. The van der Waals surface area contributed by atoms with Gasteiger partial charge in [0.05, 0.1) is 0 Å². The summed E-state index contributed by atoms with van der Waals surface area (Å²) in [4.78, 5) is 0. The van der Waals surface area contributed by atoms with Gasteiger partial charge in [0.2, 0.25) is 0 Å². The molecule has 0 amide bonds. The lowest BCUT2D eigenvalue weighted by Gasteiger charge is -2.68. The third kappa shape index (κ3) is 3.21. The number of fused-ring (bicyclic) bond motifs is 5. The minimum atomic E-state index is -0.398. The average Bonchev–Trinajstić information content (AvgIpc) is 2.94. The smallest absolute Gasteiger partial charge is 0.00547 e. The second-order valence-corrected chi connectivity index (χ2v) is 14.3. The van der Waals surface area contributed by atoms with Crippen molar-refractivity contribution >= 4 is 10.0 Å². The summed E-state index contributed by atoms with van der Waals surface area (Å²) < 4.78 is 0. The fourth-order valence-electron chi connectivity index (χ4n) is 8.21. The van der Waals surface area contributed by atoms with Gasteiger partial charge < -0.3 is 0 Å². The molecule has 4 aliphatic rings. The molecular formula is C25H50S. The van der Waals surface area contributed by atoms with Gasteiger partial charge in [-0.15, -0.1) is 0 Å². The van der Waals surface area contributed by atoms with Gasteiger partial charge >= 0.3 is 0 Å². The maximum Gasteiger partial charge on any atom is -0.00547 e. The molecule has 7 unspecified atom stereocenters. The van der Waals surface area contributed by atoms with Crippen LogP contribution in [0.25, 0.3) is 0 Å². The molecule has 4 rings (SSSR count). The lowest BCUT2D eigenvalue weighted by Crippen LogP contribution is -2.56. The summed E-state index contributed by atoms with van der Waals surface area (Å²) in [7, 11) is -0.398. The van der Waals surface area contributed by atoms with E-state index in [1.807, 2.05) is 13.8 Å². The van der Waals surface area contributed by atoms with Gasteiger partial charge in [0, 0.05) is 0 Å². The molecule has 0 bridgehead atoms. The van der Waals surface area contributed by atoms with E-state index in [0.717, 1.165) is 27.8 Å². The first kappa shape index (κ1) is 22.6. The van der Waals surface area contributed by atoms with Crippen LogP contribution >= 0.6 is 10.0 Å². The van der Waals surface area contributed by atoms with E-state index in [0.29, 0.717) is 5.41 Å². The summed E-state index contributed by atoms with van der Waals surface area (Å²) >= 11 is 0. The third-order valence-corrected chi connectivity index (χ3v) is 14.7. The Hall–Kier alpha value is 0.350. The Morgan fingerprint density at radius 1 is 0.846 bits per heavy atom. The summed E-state index contributed by atoms with van der Waals surface area (Å²) in [5.74, 6) is 3.77. The molecule has 7 atom stereocenters. The van der Waals surface area contributed by atoms with Gasteiger partial charge in [0.1, 0.15) is 0 Å². The molecule has 2 aliphatic carbocycles. The Balaban J connectivity index is 0.000000784. The predicted molar refractivity (Wildman–Crippen MR) is 124 cm³/mol. The first-order chi connectivity index (χ1) is 11.9. The largest absolute Gasteiger partial charge is 0.237 e. The molecule has 0 aromatic carbocycles. The van der Waals surface area contributed by atoms with Gasteiger partial charge in [0.15, 0.2) is 0 Å². The zero-order valence-corrected chi connectivity index (χ0v) is 19.0. The quantitative estimate of drug-likeness (QED) is 0.449. The standard InChI is InChI=1S/C22H40S.C2H6.CH4/c1-5-8-17-10-11-19-22(17,3)15-12-20-21(2)14-7-6-9-18(21)13-16-23(19,20)4;1-2;/h17-20H,5-16H2,1-4H3;1-2H3;1H4. The zero-order chi connectivity index (χ0) is 18.3. The third-order valence-electron chi connectivity index (χ3n) is 9.42. The topological polar surface area (TPSA) is 0 Å². The van der Waals surface area contributed by atoms with Crippen LogP contribution < -0.4 is 0 Å². The Morgan fingerprint density at radius 3 is 2.23 bits per heavy atom. The summed E-state index contributed by atoms with van der Waals surface area (Å²) in [5.41, 5.74) is 1.44. The predicted octanol–water partition coefficient (Wildman–Crippen LogP) is 8.43. The van der Waals surface area contributed by atoms with Crippen molar-refractivity contribution in [3.8, 4) is 0 Å². The van der Waals surface area contributed by atoms with E-state index >= 15 is 0 Å². The molecule has 26 heavy (non-hydrogen) atoms. The highest BCUT2D eigenvalue weighted by Gasteiger charge is 2.62. The van der Waals surface area contributed by atoms with Crippen molar-refractivity contribution in [2.75, 3.05) is 12.0 Å². The summed E-state index contributed by atoms with van der Waals surface area (Å²) in [6.45, 7) is 11.9. The summed E-state index contributed by atoms with van der Waals surface area (Å²) in [6, 6.07) is 0. The van der Waals surface area contributed by atoms with Crippen molar-refractivity contribution in [2.45, 2.75) is 123 Å². The molecule has 0 aromatic heterocycles. The van der Waals surface area contributed by atoms with Crippen LogP contribution in [0.3, 0.4) is 0 Å². The van der Waals surface area contributed by atoms with Crippen molar-refractivity contribution in [1.29, 1.82) is 0 Å². The zero-order valence-electron chi connectivity index (χ0n) is 18.2. The molecule has 0 N–H and O–H groups in total. The minimum Gasteiger partial charge on any atom is -0.237 e. The van der Waals surface area contributed by atoms with Gasteiger partial charge in [-0.05, 0) is 90.1 Å². The first-order valence-electron chi connectivity index (χ1n) is 11.7. The Kier molecular flexibility index (Phi) is 7.30. The van der Waals surface area contributed by atoms with Gasteiger partial charge in [-0.2, -0.15) is 0 Å². The monoisotopic (exact) mass is 382 g/mol. The fourth-order valence-corrected chi connectivity index (χ4v) is 14.4. The summed E-state index contributed by atoms with van der Waals surface area (Å²) in [5, 5.41) is 2.23. The van der Waals surface area contributed by atoms with Gasteiger partial charge in [-0.25, -0.2) is 10.0 Å². The number of rotatable bonds is 2. The number of hydrogen-bond donors (Lipinski definition) is 0. The van der Waals surface area contributed by atoms with Gasteiger partial charge in [-0.3, -0.25) is 0 Å². The SMILES string of the molecule is C.CC.CCCC1CCC2C1(C)CCC1C3(C)CCCCC3CCS12C. The molecule has 2 aliphatic heterocycles. The van der Waals surface area contributed by atoms with Crippen LogP contribution in [0.5, 0.6) is 0 Å². The van der Waals surface area contributed by atoms with E-state index in [4.69, 9.17) is 0 Å². The Morgan fingerprint density at radius 2 is 1.54 bits per heavy atom. The lowest BCUT2D eigenvalue weighted by atomic mass is 9.62. The van der Waals surface area contributed by atoms with Gasteiger partial charge in [-0.1, -0.05) is 67.7 Å². The molecule has 0 spiro atoms. The van der Waals surface area contributed by atoms with Crippen LogP contribution in [-0.2, 0) is 0 Å². The van der Waals surface area contributed by atoms with Crippen molar-refractivity contribution in [1.82, 2.24) is 0 Å². The summed E-state index contributed by atoms with van der Waals surface area (Å²) in [6.07, 6.45) is 19.8. The van der Waals surface area contributed by atoms with Crippen LogP contribution in [0.15, 0.2) is 0 Å². The van der Waals surface area contributed by atoms with Crippen LogP contribution in [0.1, 0.15) is 113 Å². The number of hydrogen-bond acceptors (Lipinski definition) is 0. The average molecular weight is 383 g/mol. The highest BCUT2D eigenvalue weighted by atomic mass is 32.3. The highest BCUT2D eigenvalue weighted by Crippen LogP contribution is 2.77. The molecule has 0 aromatic rings. The van der Waals surface area contributed by atoms with E-state index < -0.39 is 10.0 Å². The highest BCUT2D eigenvalue weighted by molar-refractivity contribution is 8.34. The van der Waals surface area contributed by atoms with E-state index in [-0.39, 0.29) is 7.43 Å². The van der Waals surface area contributed by atoms with Crippen molar-refractivity contribution in [3.05, 3.63) is 0 Å². The van der Waals surface area contributed by atoms with Crippen molar-refractivity contribution in [2.24, 2.45) is 22.7 Å². The molecule has 2 heterocycles. The van der Waals surface area contributed by atoms with Crippen LogP contribution in [-0.4, -0.2) is 22.5 Å². The molecule has 1 heteroatoms. The second-order valence-electron chi connectivity index (χ2n) is 10.3. The van der Waals surface area contributed by atoms with E-state index in [1.165, 1.54) is 25.7 Å². The second kappa shape index (κ2) is 8.38. The molecule has 0 radical (unpaired) electrons.